The Balaban J connectivity index is 1.70. The van der Waals surface area contributed by atoms with Gasteiger partial charge in [-0.25, -0.2) is 0 Å². The van der Waals surface area contributed by atoms with Gasteiger partial charge in [-0.15, -0.1) is 0 Å². The van der Waals surface area contributed by atoms with Crippen molar-refractivity contribution >= 4 is 5.91 Å². The first-order chi connectivity index (χ1) is 11.5. The van der Waals surface area contributed by atoms with Crippen molar-refractivity contribution in [1.82, 2.24) is 9.80 Å². The normalized spacial score (nSPS) is 26.8. The molecule has 0 radical (unpaired) electrons. The van der Waals surface area contributed by atoms with E-state index in [1.165, 1.54) is 0 Å². The number of aryl methyl sites for hydroxylation is 2. The minimum Gasteiger partial charge on any atom is -0.466 e. The molecule has 1 aromatic heterocycles. The van der Waals surface area contributed by atoms with E-state index in [1.54, 1.807) is 0 Å². The number of hydrogen-bond acceptors (Lipinski definition) is 4. The molecule has 3 heterocycles. The first-order valence-corrected chi connectivity index (χ1v) is 9.18. The average molecular weight is 334 g/mol. The second kappa shape index (κ2) is 7.28. The number of amides is 1. The topological polar surface area (TPSA) is 45.9 Å². The van der Waals surface area contributed by atoms with Crippen LogP contribution in [0.15, 0.2) is 10.5 Å². The van der Waals surface area contributed by atoms with Crippen molar-refractivity contribution in [3.05, 3.63) is 23.2 Å². The molecule has 3 atom stereocenters. The highest BCUT2D eigenvalue weighted by Crippen LogP contribution is 2.30. The summed E-state index contributed by atoms with van der Waals surface area (Å²) in [6, 6.07) is 2.48. The molecular formula is C19H30N2O3. The molecular weight excluding hydrogens is 304 g/mol. The number of morpholine rings is 1. The molecule has 0 saturated carbocycles. The Labute approximate surface area is 144 Å². The number of hydrogen-bond donors (Lipinski definition) is 0. The summed E-state index contributed by atoms with van der Waals surface area (Å²) >= 11 is 0. The second-order valence-electron chi connectivity index (χ2n) is 7.22. The fraction of sp³-hybridized carbons (Fsp3) is 0.737. The van der Waals surface area contributed by atoms with Crippen LogP contribution in [0.25, 0.3) is 0 Å². The zero-order valence-corrected chi connectivity index (χ0v) is 15.4. The molecule has 0 unspecified atom stereocenters. The molecule has 2 aliphatic rings. The molecule has 2 fully saturated rings. The number of likely N-dealkylation sites (tertiary alicyclic amines) is 1. The minimum absolute atomic E-state index is 0.136. The Morgan fingerprint density at radius 1 is 1.29 bits per heavy atom. The molecule has 5 nitrogen and oxygen atoms in total. The van der Waals surface area contributed by atoms with Crippen LogP contribution >= 0.6 is 0 Å². The Morgan fingerprint density at radius 3 is 2.58 bits per heavy atom. The van der Waals surface area contributed by atoms with Crippen molar-refractivity contribution in [3.63, 3.8) is 0 Å². The zero-order chi connectivity index (χ0) is 17.3. The highest BCUT2D eigenvalue weighted by atomic mass is 16.5. The van der Waals surface area contributed by atoms with Gasteiger partial charge < -0.3 is 14.1 Å². The number of carbonyl (C=O) groups is 1. The second-order valence-corrected chi connectivity index (χ2v) is 7.22. The third kappa shape index (κ3) is 3.38. The van der Waals surface area contributed by atoms with Gasteiger partial charge in [0.1, 0.15) is 11.5 Å². The van der Waals surface area contributed by atoms with Gasteiger partial charge in [0.15, 0.2) is 0 Å². The molecule has 0 spiro atoms. The molecule has 0 aliphatic carbocycles. The van der Waals surface area contributed by atoms with E-state index in [9.17, 15) is 4.79 Å². The molecule has 5 heteroatoms. The van der Waals surface area contributed by atoms with Crippen LogP contribution < -0.4 is 0 Å². The van der Waals surface area contributed by atoms with Gasteiger partial charge in [-0.1, -0.05) is 13.3 Å². The van der Waals surface area contributed by atoms with Crippen LogP contribution in [-0.4, -0.2) is 61.1 Å². The van der Waals surface area contributed by atoms with Crippen LogP contribution in [0.4, 0.5) is 0 Å². The van der Waals surface area contributed by atoms with Crippen LogP contribution in [0.1, 0.15) is 43.3 Å². The predicted molar refractivity (Wildman–Crippen MR) is 93.1 cm³/mol. The molecule has 0 aromatic carbocycles. The van der Waals surface area contributed by atoms with Crippen LogP contribution in [-0.2, 0) is 9.53 Å². The van der Waals surface area contributed by atoms with E-state index in [0.717, 1.165) is 62.9 Å². The molecule has 2 saturated heterocycles. The number of ether oxygens (including phenoxy) is 1. The lowest BCUT2D eigenvalue weighted by Crippen LogP contribution is -2.47. The van der Waals surface area contributed by atoms with Crippen LogP contribution in [0.2, 0.25) is 0 Å². The van der Waals surface area contributed by atoms with Crippen molar-refractivity contribution in [2.45, 2.75) is 46.1 Å². The maximum Gasteiger partial charge on any atom is 0.230 e. The fourth-order valence-electron chi connectivity index (χ4n) is 4.25. The summed E-state index contributed by atoms with van der Waals surface area (Å²) in [6.07, 6.45) is 1.12. The van der Waals surface area contributed by atoms with E-state index in [2.05, 4.69) is 16.7 Å². The third-order valence-corrected chi connectivity index (χ3v) is 5.67. The molecule has 134 valence electrons. The molecule has 0 bridgehead atoms. The van der Waals surface area contributed by atoms with Gasteiger partial charge >= 0.3 is 0 Å². The number of carbonyl (C=O) groups excluding carboxylic acids is 1. The van der Waals surface area contributed by atoms with Gasteiger partial charge in [-0.05, 0) is 32.8 Å². The summed E-state index contributed by atoms with van der Waals surface area (Å²) in [5.41, 5.74) is 1.03. The third-order valence-electron chi connectivity index (χ3n) is 5.67. The largest absolute Gasteiger partial charge is 0.466 e. The first-order valence-electron chi connectivity index (χ1n) is 9.18. The van der Waals surface area contributed by atoms with E-state index < -0.39 is 0 Å². The van der Waals surface area contributed by atoms with Crippen LogP contribution in [0.5, 0.6) is 0 Å². The molecule has 1 aromatic rings. The smallest absolute Gasteiger partial charge is 0.230 e. The lowest BCUT2D eigenvalue weighted by molar-refractivity contribution is -0.131. The summed E-state index contributed by atoms with van der Waals surface area (Å²) in [6.45, 7) is 13.4. The van der Waals surface area contributed by atoms with Gasteiger partial charge in [0.05, 0.1) is 19.1 Å². The fourth-order valence-corrected chi connectivity index (χ4v) is 4.25. The van der Waals surface area contributed by atoms with Crippen molar-refractivity contribution in [2.24, 2.45) is 5.92 Å². The molecule has 2 aliphatic heterocycles. The molecule has 24 heavy (non-hydrogen) atoms. The Morgan fingerprint density at radius 2 is 2.00 bits per heavy atom. The SMILES string of the molecule is CC[C@@H]1CN(C(=O)[C@@H](C)c2cc(C)oc2C)C[C@H]1N1CCOCC1. The Bertz CT molecular complexity index is 577. The van der Waals surface area contributed by atoms with E-state index in [0.29, 0.717) is 12.0 Å². The highest BCUT2D eigenvalue weighted by molar-refractivity contribution is 5.84. The Kier molecular flexibility index (Phi) is 5.30. The lowest BCUT2D eigenvalue weighted by Gasteiger charge is -2.34. The van der Waals surface area contributed by atoms with Crippen molar-refractivity contribution in [1.29, 1.82) is 0 Å². The number of nitrogens with zero attached hydrogens (tertiary/aromatic N) is 2. The van der Waals surface area contributed by atoms with Gasteiger partial charge in [-0.2, -0.15) is 0 Å². The van der Waals surface area contributed by atoms with Gasteiger partial charge in [-0.3, -0.25) is 9.69 Å². The van der Waals surface area contributed by atoms with Crippen LogP contribution in [0, 0.1) is 19.8 Å². The van der Waals surface area contributed by atoms with Crippen molar-refractivity contribution in [2.75, 3.05) is 39.4 Å². The van der Waals surface area contributed by atoms with Crippen molar-refractivity contribution in [3.8, 4) is 0 Å². The number of furan rings is 1. The van der Waals surface area contributed by atoms with Gasteiger partial charge in [0, 0.05) is 37.8 Å². The minimum atomic E-state index is -0.136. The predicted octanol–water partition coefficient (Wildman–Crippen LogP) is 2.57. The maximum atomic E-state index is 13.0. The average Bonchev–Trinajstić information content (AvgIpc) is 3.17. The van der Waals surface area contributed by atoms with E-state index in [1.807, 2.05) is 26.8 Å². The van der Waals surface area contributed by atoms with Crippen LogP contribution in [0.3, 0.4) is 0 Å². The lowest BCUT2D eigenvalue weighted by atomic mass is 9.99. The summed E-state index contributed by atoms with van der Waals surface area (Å²) in [5.74, 6) is 2.40. The molecule has 1 amide bonds. The van der Waals surface area contributed by atoms with E-state index in [4.69, 9.17) is 9.15 Å². The van der Waals surface area contributed by atoms with E-state index >= 15 is 0 Å². The number of rotatable bonds is 4. The summed E-state index contributed by atoms with van der Waals surface area (Å²) in [7, 11) is 0. The summed E-state index contributed by atoms with van der Waals surface area (Å²) in [4.78, 5) is 17.6. The van der Waals surface area contributed by atoms with Crippen molar-refractivity contribution < 1.29 is 13.9 Å². The molecule has 3 rings (SSSR count). The highest BCUT2D eigenvalue weighted by Gasteiger charge is 2.39. The van der Waals surface area contributed by atoms with E-state index in [-0.39, 0.29) is 11.8 Å². The quantitative estimate of drug-likeness (QED) is 0.849. The standard InChI is InChI=1S/C19H30N2O3/c1-5-16-11-21(12-18(16)20-6-8-23-9-7-20)19(22)14(3)17-10-13(2)24-15(17)4/h10,14,16,18H,5-9,11-12H2,1-4H3/t14-,16+,18+/m0/s1. The summed E-state index contributed by atoms with van der Waals surface area (Å²) < 4.78 is 11.1. The zero-order valence-electron chi connectivity index (χ0n) is 15.4. The molecule has 0 N–H and O–H groups in total. The Hall–Kier alpha value is -1.33. The first kappa shape index (κ1) is 17.5. The maximum absolute atomic E-state index is 13.0. The monoisotopic (exact) mass is 334 g/mol. The summed E-state index contributed by atoms with van der Waals surface area (Å²) in [5, 5.41) is 0. The van der Waals surface area contributed by atoms with Gasteiger partial charge in [0.2, 0.25) is 5.91 Å². The van der Waals surface area contributed by atoms with Gasteiger partial charge in [0.25, 0.3) is 0 Å².